The third kappa shape index (κ3) is 5.80. The summed E-state index contributed by atoms with van der Waals surface area (Å²) >= 11 is 0. The van der Waals surface area contributed by atoms with E-state index in [9.17, 15) is 0 Å². The van der Waals surface area contributed by atoms with Gasteiger partial charge in [-0.25, -0.2) is 9.97 Å². The fourth-order valence-corrected chi connectivity index (χ4v) is 9.29. The lowest BCUT2D eigenvalue weighted by Crippen LogP contribution is -2.28. The van der Waals surface area contributed by atoms with E-state index in [1.807, 2.05) is 6.07 Å². The number of aromatic nitrogens is 2. The SMILES string of the molecule is c1ccc(-c2ccc(-c3cc(-c4ccccc4)nc(-c4ccc(-c5ccc6c(c5)C(c5ccccc5)(c5ccccc5)c5ccccc5-6)c5ccccc45)n3)cc2)cc1. The van der Waals surface area contributed by atoms with Crippen molar-refractivity contribution in [3.8, 4) is 67.3 Å². The summed E-state index contributed by atoms with van der Waals surface area (Å²) in [6.45, 7) is 0. The second kappa shape index (κ2) is 14.4. The van der Waals surface area contributed by atoms with Crippen molar-refractivity contribution in [3.05, 3.63) is 253 Å². The topological polar surface area (TPSA) is 25.8 Å². The average molecular weight is 751 g/mol. The number of hydrogen-bond acceptors (Lipinski definition) is 2. The summed E-state index contributed by atoms with van der Waals surface area (Å²) in [7, 11) is 0. The van der Waals surface area contributed by atoms with Crippen molar-refractivity contribution in [3.63, 3.8) is 0 Å². The van der Waals surface area contributed by atoms with Gasteiger partial charge in [0.15, 0.2) is 5.82 Å². The van der Waals surface area contributed by atoms with Crippen LogP contribution in [0.1, 0.15) is 22.3 Å². The van der Waals surface area contributed by atoms with Gasteiger partial charge in [-0.2, -0.15) is 0 Å². The van der Waals surface area contributed by atoms with Crippen LogP contribution in [0.4, 0.5) is 0 Å². The molecule has 0 fully saturated rings. The summed E-state index contributed by atoms with van der Waals surface area (Å²) in [6, 6.07) is 82.9. The first-order valence-corrected chi connectivity index (χ1v) is 20.2. The lowest BCUT2D eigenvalue weighted by molar-refractivity contribution is 0.769. The Labute approximate surface area is 344 Å². The van der Waals surface area contributed by atoms with Crippen LogP contribution in [0.3, 0.4) is 0 Å². The summed E-state index contributed by atoms with van der Waals surface area (Å²) in [5.41, 5.74) is 16.8. The largest absolute Gasteiger partial charge is 0.228 e. The van der Waals surface area contributed by atoms with Crippen LogP contribution < -0.4 is 0 Å². The van der Waals surface area contributed by atoms with Crippen molar-refractivity contribution in [2.75, 3.05) is 0 Å². The van der Waals surface area contributed by atoms with E-state index < -0.39 is 5.41 Å². The first-order chi connectivity index (χ1) is 29.3. The van der Waals surface area contributed by atoms with Gasteiger partial charge in [-0.1, -0.05) is 212 Å². The molecule has 0 bridgehead atoms. The van der Waals surface area contributed by atoms with E-state index in [2.05, 4.69) is 224 Å². The summed E-state index contributed by atoms with van der Waals surface area (Å²) in [6.07, 6.45) is 0. The van der Waals surface area contributed by atoms with Gasteiger partial charge in [-0.05, 0) is 84.6 Å². The molecule has 0 amide bonds. The third-order valence-electron chi connectivity index (χ3n) is 12.0. The van der Waals surface area contributed by atoms with Gasteiger partial charge < -0.3 is 0 Å². The highest BCUT2D eigenvalue weighted by Gasteiger charge is 2.46. The number of fused-ring (bicyclic) bond motifs is 4. The Morgan fingerprint density at radius 3 is 1.34 bits per heavy atom. The summed E-state index contributed by atoms with van der Waals surface area (Å²) < 4.78 is 0. The van der Waals surface area contributed by atoms with E-state index in [0.29, 0.717) is 5.82 Å². The van der Waals surface area contributed by atoms with E-state index in [1.54, 1.807) is 0 Å². The number of benzene rings is 9. The first-order valence-electron chi connectivity index (χ1n) is 20.2. The van der Waals surface area contributed by atoms with E-state index in [1.165, 1.54) is 55.6 Å². The molecular formula is C57H38N2. The molecule has 11 rings (SSSR count). The lowest BCUT2D eigenvalue weighted by Gasteiger charge is -2.34. The van der Waals surface area contributed by atoms with E-state index >= 15 is 0 Å². The number of hydrogen-bond donors (Lipinski definition) is 0. The van der Waals surface area contributed by atoms with Gasteiger partial charge in [0.05, 0.1) is 16.8 Å². The van der Waals surface area contributed by atoms with Crippen LogP contribution in [0.15, 0.2) is 231 Å². The number of rotatable bonds is 7. The Morgan fingerprint density at radius 2 is 0.695 bits per heavy atom. The highest BCUT2D eigenvalue weighted by molar-refractivity contribution is 6.05. The van der Waals surface area contributed by atoms with Crippen molar-refractivity contribution in [1.29, 1.82) is 0 Å². The zero-order chi connectivity index (χ0) is 39.2. The number of nitrogens with zero attached hydrogens (tertiary/aromatic N) is 2. The van der Waals surface area contributed by atoms with Gasteiger partial charge in [0.2, 0.25) is 0 Å². The fourth-order valence-electron chi connectivity index (χ4n) is 9.29. The maximum Gasteiger partial charge on any atom is 0.161 e. The molecule has 59 heavy (non-hydrogen) atoms. The minimum Gasteiger partial charge on any atom is -0.228 e. The Kier molecular flexibility index (Phi) is 8.41. The van der Waals surface area contributed by atoms with Crippen LogP contribution in [0, 0.1) is 0 Å². The van der Waals surface area contributed by atoms with Crippen LogP contribution in [-0.2, 0) is 5.41 Å². The molecule has 0 aliphatic heterocycles. The monoisotopic (exact) mass is 750 g/mol. The van der Waals surface area contributed by atoms with Crippen molar-refractivity contribution >= 4 is 10.8 Å². The molecule has 0 saturated heterocycles. The first kappa shape index (κ1) is 34.6. The Bertz CT molecular complexity index is 3080. The molecular weight excluding hydrogens is 713 g/mol. The molecule has 276 valence electrons. The van der Waals surface area contributed by atoms with Gasteiger partial charge in [0, 0.05) is 16.7 Å². The molecule has 9 aromatic carbocycles. The third-order valence-corrected chi connectivity index (χ3v) is 12.0. The quantitative estimate of drug-likeness (QED) is 0.162. The van der Waals surface area contributed by atoms with Gasteiger partial charge in [0.1, 0.15) is 0 Å². The van der Waals surface area contributed by atoms with Crippen molar-refractivity contribution in [2.45, 2.75) is 5.41 Å². The van der Waals surface area contributed by atoms with Gasteiger partial charge in [-0.15, -0.1) is 0 Å². The molecule has 10 aromatic rings. The van der Waals surface area contributed by atoms with Crippen LogP contribution in [0.5, 0.6) is 0 Å². The van der Waals surface area contributed by atoms with Crippen LogP contribution in [-0.4, -0.2) is 9.97 Å². The molecule has 1 aliphatic rings. The Balaban J connectivity index is 1.08. The molecule has 1 aromatic heterocycles. The predicted octanol–water partition coefficient (Wildman–Crippen LogP) is 14.3. The summed E-state index contributed by atoms with van der Waals surface area (Å²) in [5, 5.41) is 2.27. The van der Waals surface area contributed by atoms with Crippen LogP contribution in [0.2, 0.25) is 0 Å². The maximum atomic E-state index is 5.30. The molecule has 1 heterocycles. The Morgan fingerprint density at radius 1 is 0.271 bits per heavy atom. The zero-order valence-corrected chi connectivity index (χ0v) is 32.3. The summed E-state index contributed by atoms with van der Waals surface area (Å²) in [5.74, 6) is 0.702. The normalized spacial score (nSPS) is 12.5. The molecule has 1 aliphatic carbocycles. The zero-order valence-electron chi connectivity index (χ0n) is 32.3. The Hall–Kier alpha value is -7.68. The average Bonchev–Trinajstić information content (AvgIpc) is 3.62. The van der Waals surface area contributed by atoms with E-state index in [0.717, 1.165) is 38.9 Å². The van der Waals surface area contributed by atoms with Crippen LogP contribution >= 0.6 is 0 Å². The van der Waals surface area contributed by atoms with E-state index in [-0.39, 0.29) is 0 Å². The van der Waals surface area contributed by atoms with Crippen molar-refractivity contribution in [1.82, 2.24) is 9.97 Å². The maximum absolute atomic E-state index is 5.30. The fraction of sp³-hybridized carbons (Fsp3) is 0.0175. The molecule has 2 nitrogen and oxygen atoms in total. The predicted molar refractivity (Wildman–Crippen MR) is 244 cm³/mol. The lowest BCUT2D eigenvalue weighted by atomic mass is 9.67. The van der Waals surface area contributed by atoms with Crippen molar-refractivity contribution < 1.29 is 0 Å². The summed E-state index contributed by atoms with van der Waals surface area (Å²) in [4.78, 5) is 10.6. The molecule has 0 atom stereocenters. The minimum atomic E-state index is -0.471. The minimum absolute atomic E-state index is 0.471. The molecule has 0 saturated carbocycles. The van der Waals surface area contributed by atoms with Crippen LogP contribution in [0.25, 0.3) is 78.1 Å². The smallest absolute Gasteiger partial charge is 0.161 e. The highest BCUT2D eigenvalue weighted by atomic mass is 14.9. The van der Waals surface area contributed by atoms with Gasteiger partial charge >= 0.3 is 0 Å². The highest BCUT2D eigenvalue weighted by Crippen LogP contribution is 2.57. The van der Waals surface area contributed by atoms with E-state index in [4.69, 9.17) is 9.97 Å². The molecule has 0 unspecified atom stereocenters. The molecule has 0 spiro atoms. The molecule has 0 N–H and O–H groups in total. The van der Waals surface area contributed by atoms with Gasteiger partial charge in [-0.3, -0.25) is 0 Å². The second-order valence-electron chi connectivity index (χ2n) is 15.3. The molecule has 2 heteroatoms. The van der Waals surface area contributed by atoms with Crippen molar-refractivity contribution in [2.24, 2.45) is 0 Å². The van der Waals surface area contributed by atoms with Gasteiger partial charge in [0.25, 0.3) is 0 Å². The molecule has 0 radical (unpaired) electrons. The second-order valence-corrected chi connectivity index (χ2v) is 15.3. The standard InChI is InChI=1S/C57H38N2/c1-5-17-39(18-6-1)40-29-31-42(32-30-40)55-38-54(41-19-7-2-8-20-41)58-56(59-55)51-36-35-46(47-25-13-14-26-48(47)51)43-33-34-50-49-27-15-16-28-52(49)57(53(50)37-43,44-21-9-3-10-22-44)45-23-11-4-12-24-45/h1-38H.